The van der Waals surface area contributed by atoms with Crippen LogP contribution in [0.5, 0.6) is 0 Å². The molecule has 0 bridgehead atoms. The summed E-state index contributed by atoms with van der Waals surface area (Å²) in [5.74, 6) is 0.636. The molecule has 2 aromatic carbocycles. The molecule has 0 aliphatic rings. The molecule has 128 valence electrons. The first-order valence-corrected chi connectivity index (χ1v) is 8.43. The Labute approximate surface area is 147 Å². The number of benzene rings is 2. The molecule has 0 aliphatic carbocycles. The SMILES string of the molecule is CC(C)C(CNC(=O)c1cccc(-n2cncn2)c1)c1ccccc1. The summed E-state index contributed by atoms with van der Waals surface area (Å²) in [7, 11) is 0. The smallest absolute Gasteiger partial charge is 0.251 e. The number of amides is 1. The number of aromatic nitrogens is 3. The molecule has 0 saturated carbocycles. The topological polar surface area (TPSA) is 59.8 Å². The van der Waals surface area contributed by atoms with E-state index < -0.39 is 0 Å². The molecule has 3 aromatic rings. The Balaban J connectivity index is 1.71. The van der Waals surface area contributed by atoms with Crippen molar-refractivity contribution in [2.24, 2.45) is 5.92 Å². The van der Waals surface area contributed by atoms with E-state index in [1.807, 2.05) is 42.5 Å². The van der Waals surface area contributed by atoms with Gasteiger partial charge in [0, 0.05) is 18.0 Å². The summed E-state index contributed by atoms with van der Waals surface area (Å²) in [6.07, 6.45) is 3.08. The van der Waals surface area contributed by atoms with Crippen molar-refractivity contribution in [2.75, 3.05) is 6.54 Å². The lowest BCUT2D eigenvalue weighted by Gasteiger charge is -2.22. The van der Waals surface area contributed by atoms with Crippen LogP contribution < -0.4 is 5.32 Å². The molecule has 1 atom stereocenters. The third kappa shape index (κ3) is 4.12. The van der Waals surface area contributed by atoms with E-state index in [1.165, 1.54) is 11.9 Å². The molecule has 0 fully saturated rings. The fourth-order valence-electron chi connectivity index (χ4n) is 2.87. The van der Waals surface area contributed by atoms with E-state index in [4.69, 9.17) is 0 Å². The van der Waals surface area contributed by atoms with E-state index in [9.17, 15) is 4.79 Å². The highest BCUT2D eigenvalue weighted by atomic mass is 16.1. The highest BCUT2D eigenvalue weighted by molar-refractivity contribution is 5.94. The number of carbonyl (C=O) groups is 1. The van der Waals surface area contributed by atoms with Crippen LogP contribution in [0.3, 0.4) is 0 Å². The van der Waals surface area contributed by atoms with Crippen molar-refractivity contribution < 1.29 is 4.79 Å². The van der Waals surface area contributed by atoms with Gasteiger partial charge < -0.3 is 5.32 Å². The molecule has 0 saturated heterocycles. The van der Waals surface area contributed by atoms with Crippen molar-refractivity contribution in [3.05, 3.63) is 78.4 Å². The van der Waals surface area contributed by atoms with Crippen LogP contribution in [0.4, 0.5) is 0 Å². The molecule has 25 heavy (non-hydrogen) atoms. The summed E-state index contributed by atoms with van der Waals surface area (Å²) in [6.45, 7) is 4.96. The third-order valence-electron chi connectivity index (χ3n) is 4.31. The molecule has 1 unspecified atom stereocenters. The fraction of sp³-hybridized carbons (Fsp3) is 0.250. The molecular formula is C20H22N4O. The first kappa shape index (κ1) is 16.9. The highest BCUT2D eigenvalue weighted by Gasteiger charge is 2.17. The molecular weight excluding hydrogens is 312 g/mol. The second-order valence-electron chi connectivity index (χ2n) is 6.36. The van der Waals surface area contributed by atoms with Crippen LogP contribution in [0.15, 0.2) is 67.3 Å². The highest BCUT2D eigenvalue weighted by Crippen LogP contribution is 2.23. The Morgan fingerprint density at radius 2 is 1.92 bits per heavy atom. The van der Waals surface area contributed by atoms with Gasteiger partial charge in [-0.05, 0) is 29.7 Å². The first-order valence-electron chi connectivity index (χ1n) is 8.43. The Morgan fingerprint density at radius 3 is 2.60 bits per heavy atom. The fourth-order valence-corrected chi connectivity index (χ4v) is 2.87. The van der Waals surface area contributed by atoms with E-state index in [2.05, 4.69) is 41.4 Å². The van der Waals surface area contributed by atoms with Gasteiger partial charge in [-0.3, -0.25) is 4.79 Å². The summed E-state index contributed by atoms with van der Waals surface area (Å²) >= 11 is 0. The van der Waals surface area contributed by atoms with Gasteiger partial charge in [0.15, 0.2) is 0 Å². The van der Waals surface area contributed by atoms with Crippen LogP contribution in [0, 0.1) is 5.92 Å². The van der Waals surface area contributed by atoms with Crippen molar-refractivity contribution in [3.63, 3.8) is 0 Å². The van der Waals surface area contributed by atoms with Crippen molar-refractivity contribution in [1.82, 2.24) is 20.1 Å². The lowest BCUT2D eigenvalue weighted by atomic mass is 9.88. The van der Waals surface area contributed by atoms with E-state index in [0.29, 0.717) is 18.0 Å². The molecule has 5 heteroatoms. The molecule has 0 spiro atoms. The minimum absolute atomic E-state index is 0.0800. The molecule has 1 N–H and O–H groups in total. The zero-order valence-corrected chi connectivity index (χ0v) is 14.5. The Kier molecular flexibility index (Phi) is 5.23. The van der Waals surface area contributed by atoms with Gasteiger partial charge in [-0.1, -0.05) is 50.2 Å². The van der Waals surface area contributed by atoms with Crippen molar-refractivity contribution in [2.45, 2.75) is 19.8 Å². The van der Waals surface area contributed by atoms with Crippen LogP contribution in [-0.4, -0.2) is 27.2 Å². The number of carbonyl (C=O) groups excluding carboxylic acids is 1. The summed E-state index contributed by atoms with van der Waals surface area (Å²) in [4.78, 5) is 16.5. The maximum Gasteiger partial charge on any atom is 0.251 e. The molecule has 1 heterocycles. The maximum atomic E-state index is 12.6. The zero-order chi connectivity index (χ0) is 17.6. The molecule has 1 aromatic heterocycles. The van der Waals surface area contributed by atoms with Gasteiger partial charge in [-0.2, -0.15) is 5.10 Å². The summed E-state index contributed by atoms with van der Waals surface area (Å²) in [5.41, 5.74) is 2.67. The molecule has 0 aliphatic heterocycles. The number of rotatable bonds is 6. The lowest BCUT2D eigenvalue weighted by molar-refractivity contribution is 0.0949. The van der Waals surface area contributed by atoms with E-state index in [-0.39, 0.29) is 11.8 Å². The summed E-state index contributed by atoms with van der Waals surface area (Å²) in [6, 6.07) is 17.7. The Hall–Kier alpha value is -2.95. The van der Waals surface area contributed by atoms with E-state index >= 15 is 0 Å². The number of hydrogen-bond donors (Lipinski definition) is 1. The quantitative estimate of drug-likeness (QED) is 0.751. The molecule has 0 radical (unpaired) electrons. The largest absolute Gasteiger partial charge is 0.351 e. The third-order valence-corrected chi connectivity index (χ3v) is 4.31. The monoisotopic (exact) mass is 334 g/mol. The van der Waals surface area contributed by atoms with Crippen LogP contribution >= 0.6 is 0 Å². The van der Waals surface area contributed by atoms with Gasteiger partial charge in [-0.25, -0.2) is 9.67 Å². The first-order chi connectivity index (χ1) is 12.1. The number of nitrogens with zero attached hydrogens (tertiary/aromatic N) is 3. The predicted molar refractivity (Wildman–Crippen MR) is 97.7 cm³/mol. The Morgan fingerprint density at radius 1 is 1.12 bits per heavy atom. The molecule has 3 rings (SSSR count). The van der Waals surface area contributed by atoms with Crippen molar-refractivity contribution >= 4 is 5.91 Å². The maximum absolute atomic E-state index is 12.6. The number of hydrogen-bond acceptors (Lipinski definition) is 3. The van der Waals surface area contributed by atoms with Crippen LogP contribution in [-0.2, 0) is 0 Å². The standard InChI is InChI=1S/C20H22N4O/c1-15(2)19(16-7-4-3-5-8-16)12-22-20(25)17-9-6-10-18(11-17)24-14-21-13-23-24/h3-11,13-15,19H,12H2,1-2H3,(H,22,25). The normalized spacial score (nSPS) is 12.1. The predicted octanol–water partition coefficient (Wildman–Crippen LogP) is 3.44. The van der Waals surface area contributed by atoms with E-state index in [1.54, 1.807) is 11.0 Å². The lowest BCUT2D eigenvalue weighted by Crippen LogP contribution is -2.30. The van der Waals surface area contributed by atoms with Crippen LogP contribution in [0.25, 0.3) is 5.69 Å². The minimum Gasteiger partial charge on any atom is -0.351 e. The molecule has 5 nitrogen and oxygen atoms in total. The van der Waals surface area contributed by atoms with Gasteiger partial charge in [0.2, 0.25) is 0 Å². The van der Waals surface area contributed by atoms with Gasteiger partial charge in [0.05, 0.1) is 5.69 Å². The average Bonchev–Trinajstić information content (AvgIpc) is 3.17. The van der Waals surface area contributed by atoms with Gasteiger partial charge in [0.1, 0.15) is 12.7 Å². The average molecular weight is 334 g/mol. The van der Waals surface area contributed by atoms with Crippen LogP contribution in [0.2, 0.25) is 0 Å². The van der Waals surface area contributed by atoms with E-state index in [0.717, 1.165) is 5.69 Å². The van der Waals surface area contributed by atoms with Gasteiger partial charge in [-0.15, -0.1) is 0 Å². The minimum atomic E-state index is -0.0800. The van der Waals surface area contributed by atoms with Crippen molar-refractivity contribution in [3.8, 4) is 5.69 Å². The number of nitrogens with one attached hydrogen (secondary N) is 1. The van der Waals surface area contributed by atoms with Crippen LogP contribution in [0.1, 0.15) is 35.7 Å². The second-order valence-corrected chi connectivity index (χ2v) is 6.36. The summed E-state index contributed by atoms with van der Waals surface area (Å²) < 4.78 is 1.64. The van der Waals surface area contributed by atoms with Gasteiger partial charge >= 0.3 is 0 Å². The Bertz CT molecular complexity index is 813. The molecule has 1 amide bonds. The second kappa shape index (κ2) is 7.75. The summed E-state index contributed by atoms with van der Waals surface area (Å²) in [5, 5.41) is 7.17. The van der Waals surface area contributed by atoms with Crippen molar-refractivity contribution in [1.29, 1.82) is 0 Å². The van der Waals surface area contributed by atoms with Gasteiger partial charge in [0.25, 0.3) is 5.91 Å². The zero-order valence-electron chi connectivity index (χ0n) is 14.5.